The molecule has 0 atom stereocenters. The molecule has 2 N–H and O–H groups in total. The maximum absolute atomic E-state index is 5.78. The fraction of sp³-hybridized carbons (Fsp3) is 0.400. The van der Waals surface area contributed by atoms with Crippen LogP contribution >= 0.6 is 11.3 Å². The lowest BCUT2D eigenvalue weighted by atomic mass is 10.3. The Morgan fingerprint density at radius 2 is 2.40 bits per heavy atom. The number of hydrogen-bond donors (Lipinski definition) is 1. The Morgan fingerprint density at radius 1 is 1.53 bits per heavy atom. The Labute approximate surface area is 91.1 Å². The summed E-state index contributed by atoms with van der Waals surface area (Å²) in [5, 5.41) is 5.88. The molecular weight excluding hydrogens is 210 g/mol. The summed E-state index contributed by atoms with van der Waals surface area (Å²) in [6.07, 6.45) is 3.53. The van der Waals surface area contributed by atoms with Crippen LogP contribution in [0.1, 0.15) is 18.7 Å². The first-order valence-corrected chi connectivity index (χ1v) is 5.87. The van der Waals surface area contributed by atoms with Gasteiger partial charge in [-0.3, -0.25) is 0 Å². The second-order valence-electron chi connectivity index (χ2n) is 3.87. The summed E-state index contributed by atoms with van der Waals surface area (Å²) in [5.74, 6) is 2.13. The van der Waals surface area contributed by atoms with E-state index in [-0.39, 0.29) is 0 Å². The van der Waals surface area contributed by atoms with E-state index >= 15 is 0 Å². The SMILES string of the molecule is Nc1ccsc1-c1nc(CC2CC2)no1. The van der Waals surface area contributed by atoms with Crippen LogP contribution in [0.2, 0.25) is 0 Å². The van der Waals surface area contributed by atoms with Gasteiger partial charge in [-0.15, -0.1) is 11.3 Å². The molecule has 0 aromatic carbocycles. The molecule has 1 aliphatic rings. The molecule has 5 heteroatoms. The number of nitrogens with two attached hydrogens (primary N) is 1. The van der Waals surface area contributed by atoms with Crippen molar-refractivity contribution in [3.8, 4) is 10.8 Å². The van der Waals surface area contributed by atoms with Gasteiger partial charge in [0.1, 0.15) is 4.88 Å². The summed E-state index contributed by atoms with van der Waals surface area (Å²) >= 11 is 1.53. The number of thiophene rings is 1. The normalized spacial score (nSPS) is 15.7. The van der Waals surface area contributed by atoms with Crippen molar-refractivity contribution in [2.45, 2.75) is 19.3 Å². The number of aromatic nitrogens is 2. The molecule has 0 spiro atoms. The number of nitrogen functional groups attached to an aromatic ring is 1. The second-order valence-corrected chi connectivity index (χ2v) is 4.78. The summed E-state index contributed by atoms with van der Waals surface area (Å²) in [4.78, 5) is 5.23. The van der Waals surface area contributed by atoms with E-state index in [0.717, 1.165) is 23.0 Å². The molecule has 0 bridgehead atoms. The number of hydrogen-bond acceptors (Lipinski definition) is 5. The third-order valence-electron chi connectivity index (χ3n) is 2.53. The first-order chi connectivity index (χ1) is 7.33. The van der Waals surface area contributed by atoms with Gasteiger partial charge in [-0.1, -0.05) is 5.16 Å². The molecule has 2 aromatic rings. The lowest BCUT2D eigenvalue weighted by Crippen LogP contribution is -1.89. The third kappa shape index (κ3) is 1.74. The number of anilines is 1. The highest BCUT2D eigenvalue weighted by atomic mass is 32.1. The third-order valence-corrected chi connectivity index (χ3v) is 3.44. The van der Waals surface area contributed by atoms with Crippen molar-refractivity contribution >= 4 is 17.0 Å². The molecule has 15 heavy (non-hydrogen) atoms. The lowest BCUT2D eigenvalue weighted by Gasteiger charge is -1.89. The van der Waals surface area contributed by atoms with Crippen LogP contribution in [0, 0.1) is 5.92 Å². The molecule has 1 aliphatic carbocycles. The maximum Gasteiger partial charge on any atom is 0.270 e. The van der Waals surface area contributed by atoms with Crippen molar-refractivity contribution in [3.63, 3.8) is 0 Å². The maximum atomic E-state index is 5.78. The van der Waals surface area contributed by atoms with Gasteiger partial charge in [-0.25, -0.2) is 0 Å². The molecule has 1 saturated carbocycles. The van der Waals surface area contributed by atoms with Crippen molar-refractivity contribution < 1.29 is 4.52 Å². The van der Waals surface area contributed by atoms with E-state index in [2.05, 4.69) is 10.1 Å². The summed E-state index contributed by atoms with van der Waals surface area (Å²) in [7, 11) is 0. The van der Waals surface area contributed by atoms with Crippen LogP contribution in [-0.2, 0) is 6.42 Å². The van der Waals surface area contributed by atoms with Gasteiger partial charge in [-0.2, -0.15) is 4.98 Å². The minimum Gasteiger partial charge on any atom is -0.397 e. The zero-order valence-corrected chi connectivity index (χ0v) is 8.96. The highest BCUT2D eigenvalue weighted by Gasteiger charge is 2.24. The Bertz CT molecular complexity index is 472. The first kappa shape index (κ1) is 8.91. The van der Waals surface area contributed by atoms with Crippen LogP contribution < -0.4 is 5.73 Å². The van der Waals surface area contributed by atoms with Crippen molar-refractivity contribution in [3.05, 3.63) is 17.3 Å². The summed E-state index contributed by atoms with van der Waals surface area (Å²) in [6, 6.07) is 1.85. The molecule has 0 radical (unpaired) electrons. The molecule has 0 aliphatic heterocycles. The first-order valence-electron chi connectivity index (χ1n) is 4.99. The topological polar surface area (TPSA) is 64.9 Å². The van der Waals surface area contributed by atoms with Crippen molar-refractivity contribution in [1.82, 2.24) is 10.1 Å². The molecule has 4 nitrogen and oxygen atoms in total. The number of nitrogens with zero attached hydrogens (tertiary/aromatic N) is 2. The van der Waals surface area contributed by atoms with Gasteiger partial charge in [0.25, 0.3) is 5.89 Å². The average molecular weight is 221 g/mol. The van der Waals surface area contributed by atoms with Crippen molar-refractivity contribution in [2.24, 2.45) is 5.92 Å². The van der Waals surface area contributed by atoms with Crippen LogP contribution in [0.5, 0.6) is 0 Å². The molecule has 2 aromatic heterocycles. The van der Waals surface area contributed by atoms with Crippen LogP contribution in [0.25, 0.3) is 10.8 Å². The van der Waals surface area contributed by atoms with Gasteiger partial charge in [0, 0.05) is 6.42 Å². The Balaban J connectivity index is 1.86. The molecule has 3 rings (SSSR count). The molecule has 0 amide bonds. The van der Waals surface area contributed by atoms with Crippen LogP contribution in [-0.4, -0.2) is 10.1 Å². The monoisotopic (exact) mass is 221 g/mol. The van der Waals surface area contributed by atoms with Crippen LogP contribution in [0.4, 0.5) is 5.69 Å². The van der Waals surface area contributed by atoms with E-state index in [1.807, 2.05) is 11.4 Å². The summed E-state index contributed by atoms with van der Waals surface area (Å²) in [6.45, 7) is 0. The molecule has 0 saturated heterocycles. The van der Waals surface area contributed by atoms with Gasteiger partial charge in [-0.05, 0) is 30.2 Å². The molecule has 2 heterocycles. The smallest absolute Gasteiger partial charge is 0.270 e. The fourth-order valence-corrected chi connectivity index (χ4v) is 2.24. The van der Waals surface area contributed by atoms with E-state index in [4.69, 9.17) is 10.3 Å². The number of rotatable bonds is 3. The van der Waals surface area contributed by atoms with E-state index < -0.39 is 0 Å². The Hall–Kier alpha value is -1.36. The quantitative estimate of drug-likeness (QED) is 0.863. The molecule has 78 valence electrons. The largest absolute Gasteiger partial charge is 0.397 e. The second kappa shape index (κ2) is 3.34. The Morgan fingerprint density at radius 3 is 3.07 bits per heavy atom. The van der Waals surface area contributed by atoms with Gasteiger partial charge in [0.15, 0.2) is 5.82 Å². The molecular formula is C10H11N3OS. The highest BCUT2D eigenvalue weighted by Crippen LogP contribution is 2.33. The lowest BCUT2D eigenvalue weighted by molar-refractivity contribution is 0.422. The molecule has 1 fully saturated rings. The van der Waals surface area contributed by atoms with Crippen molar-refractivity contribution in [1.29, 1.82) is 0 Å². The van der Waals surface area contributed by atoms with E-state index in [1.165, 1.54) is 24.2 Å². The van der Waals surface area contributed by atoms with Gasteiger partial charge < -0.3 is 10.3 Å². The minimum absolute atomic E-state index is 0.554. The van der Waals surface area contributed by atoms with E-state index in [1.54, 1.807) is 0 Å². The van der Waals surface area contributed by atoms with Gasteiger partial charge >= 0.3 is 0 Å². The predicted octanol–water partition coefficient (Wildman–Crippen LogP) is 2.33. The van der Waals surface area contributed by atoms with Crippen LogP contribution in [0.3, 0.4) is 0 Å². The Kier molecular flexibility index (Phi) is 1.98. The molecule has 0 unspecified atom stereocenters. The zero-order chi connectivity index (χ0) is 10.3. The predicted molar refractivity (Wildman–Crippen MR) is 58.5 cm³/mol. The minimum atomic E-state index is 0.554. The zero-order valence-electron chi connectivity index (χ0n) is 8.14. The standard InChI is InChI=1S/C10H11N3OS/c11-7-3-4-15-9(7)10-12-8(13-14-10)5-6-1-2-6/h3-4,6H,1-2,5,11H2. The fourth-order valence-electron chi connectivity index (χ4n) is 1.50. The summed E-state index contributed by atoms with van der Waals surface area (Å²) < 4.78 is 5.19. The van der Waals surface area contributed by atoms with E-state index in [9.17, 15) is 0 Å². The highest BCUT2D eigenvalue weighted by molar-refractivity contribution is 7.14. The average Bonchev–Trinajstić information content (AvgIpc) is 2.74. The van der Waals surface area contributed by atoms with E-state index in [0.29, 0.717) is 11.6 Å². The van der Waals surface area contributed by atoms with Gasteiger partial charge in [0.05, 0.1) is 5.69 Å². The summed E-state index contributed by atoms with van der Waals surface area (Å²) in [5.41, 5.74) is 6.49. The van der Waals surface area contributed by atoms with Crippen LogP contribution in [0.15, 0.2) is 16.0 Å². The van der Waals surface area contributed by atoms with Crippen molar-refractivity contribution in [2.75, 3.05) is 5.73 Å². The van der Waals surface area contributed by atoms with Gasteiger partial charge in [0.2, 0.25) is 0 Å².